The van der Waals surface area contributed by atoms with Crippen molar-refractivity contribution in [3.8, 4) is 5.75 Å². The van der Waals surface area contributed by atoms with Gasteiger partial charge in [0.1, 0.15) is 15.6 Å². The summed E-state index contributed by atoms with van der Waals surface area (Å²) in [6, 6.07) is 4.96. The standard InChI is InChI=1S/C12H16F3N3O3S/c1-22(19,20)8-2-7-17-11(16)18-9-3-5-10(6-4-9)21-12(13,14)15/h3-6H,2,7-8H2,1H3,(H3,16,17,18). The summed E-state index contributed by atoms with van der Waals surface area (Å²) in [5.74, 6) is -0.299. The van der Waals surface area contributed by atoms with Crippen LogP contribution in [0, 0.1) is 0 Å². The summed E-state index contributed by atoms with van der Waals surface area (Å²) in [4.78, 5) is 3.91. The molecular weight excluding hydrogens is 323 g/mol. The Labute approximate surface area is 126 Å². The molecule has 0 aromatic heterocycles. The van der Waals surface area contributed by atoms with Gasteiger partial charge in [0.05, 0.1) is 5.75 Å². The first-order valence-electron chi connectivity index (χ1n) is 6.16. The Morgan fingerprint density at radius 2 is 1.91 bits per heavy atom. The minimum Gasteiger partial charge on any atom is -0.406 e. The fourth-order valence-electron chi connectivity index (χ4n) is 1.45. The zero-order valence-electron chi connectivity index (χ0n) is 11.7. The lowest BCUT2D eigenvalue weighted by atomic mass is 10.3. The van der Waals surface area contributed by atoms with E-state index >= 15 is 0 Å². The van der Waals surface area contributed by atoms with Gasteiger partial charge in [-0.25, -0.2) is 8.42 Å². The van der Waals surface area contributed by atoms with E-state index in [1.807, 2.05) is 0 Å². The van der Waals surface area contributed by atoms with Gasteiger partial charge in [-0.15, -0.1) is 13.2 Å². The molecule has 0 heterocycles. The average molecular weight is 339 g/mol. The Balaban J connectivity index is 2.49. The summed E-state index contributed by atoms with van der Waals surface area (Å²) in [6.45, 7) is 0.223. The minimum atomic E-state index is -4.74. The second kappa shape index (κ2) is 7.34. The van der Waals surface area contributed by atoms with Crippen molar-refractivity contribution >= 4 is 21.5 Å². The largest absolute Gasteiger partial charge is 0.573 e. The molecule has 0 atom stereocenters. The molecule has 3 N–H and O–H groups in total. The molecule has 0 spiro atoms. The van der Waals surface area contributed by atoms with Crippen LogP contribution in [-0.2, 0) is 9.84 Å². The quantitative estimate of drug-likeness (QED) is 0.468. The van der Waals surface area contributed by atoms with E-state index in [2.05, 4.69) is 15.0 Å². The Hall–Kier alpha value is -1.97. The van der Waals surface area contributed by atoms with Gasteiger partial charge in [0.25, 0.3) is 0 Å². The molecule has 0 unspecified atom stereocenters. The second-order valence-corrected chi connectivity index (χ2v) is 6.71. The summed E-state index contributed by atoms with van der Waals surface area (Å²) in [5, 5.41) is 2.67. The van der Waals surface area contributed by atoms with Crippen LogP contribution in [0.4, 0.5) is 18.9 Å². The van der Waals surface area contributed by atoms with Crippen LogP contribution in [0.1, 0.15) is 6.42 Å². The molecule has 0 saturated carbocycles. The number of alkyl halides is 3. The third-order valence-electron chi connectivity index (χ3n) is 2.32. The molecule has 0 saturated heterocycles. The van der Waals surface area contributed by atoms with E-state index in [4.69, 9.17) is 5.73 Å². The van der Waals surface area contributed by atoms with Crippen molar-refractivity contribution in [2.24, 2.45) is 10.7 Å². The Kier molecular flexibility index (Phi) is 6.03. The third-order valence-corrected chi connectivity index (χ3v) is 3.35. The van der Waals surface area contributed by atoms with Crippen LogP contribution in [0.2, 0.25) is 0 Å². The van der Waals surface area contributed by atoms with E-state index in [0.717, 1.165) is 18.4 Å². The van der Waals surface area contributed by atoms with Gasteiger partial charge in [-0.05, 0) is 30.7 Å². The maximum atomic E-state index is 12.0. The van der Waals surface area contributed by atoms with Gasteiger partial charge in [0, 0.05) is 18.5 Å². The third kappa shape index (κ3) is 8.35. The topological polar surface area (TPSA) is 93.8 Å². The second-order valence-electron chi connectivity index (χ2n) is 4.45. The Bertz CT molecular complexity index is 613. The fraction of sp³-hybridized carbons (Fsp3) is 0.417. The van der Waals surface area contributed by atoms with Crippen LogP contribution >= 0.6 is 0 Å². The van der Waals surface area contributed by atoms with Gasteiger partial charge in [0.15, 0.2) is 5.96 Å². The predicted molar refractivity (Wildman–Crippen MR) is 77.6 cm³/mol. The SMILES string of the molecule is CS(=O)(=O)CCCN=C(N)Nc1ccc(OC(F)(F)F)cc1. The van der Waals surface area contributed by atoms with Crippen molar-refractivity contribution in [2.45, 2.75) is 12.8 Å². The van der Waals surface area contributed by atoms with E-state index in [9.17, 15) is 21.6 Å². The average Bonchev–Trinajstić information content (AvgIpc) is 2.34. The number of hydrogen-bond donors (Lipinski definition) is 2. The smallest absolute Gasteiger partial charge is 0.406 e. The van der Waals surface area contributed by atoms with Crippen molar-refractivity contribution in [1.82, 2.24) is 0 Å². The molecule has 6 nitrogen and oxygen atoms in total. The number of halogens is 3. The summed E-state index contributed by atoms with van der Waals surface area (Å²) in [5.41, 5.74) is 6.00. The van der Waals surface area contributed by atoms with Crippen LogP contribution in [0.3, 0.4) is 0 Å². The number of sulfone groups is 1. The van der Waals surface area contributed by atoms with Gasteiger partial charge < -0.3 is 15.8 Å². The van der Waals surface area contributed by atoms with E-state index in [0.29, 0.717) is 12.1 Å². The monoisotopic (exact) mass is 339 g/mol. The predicted octanol–water partition coefficient (Wildman–Crippen LogP) is 1.75. The molecule has 0 fully saturated rings. The highest BCUT2D eigenvalue weighted by atomic mass is 32.2. The lowest BCUT2D eigenvalue weighted by molar-refractivity contribution is -0.274. The summed E-state index contributed by atoms with van der Waals surface area (Å²) in [7, 11) is -3.04. The van der Waals surface area contributed by atoms with E-state index < -0.39 is 16.2 Å². The van der Waals surface area contributed by atoms with Crippen molar-refractivity contribution in [2.75, 3.05) is 23.9 Å². The molecule has 0 aliphatic rings. The minimum absolute atomic E-state index is 0.00720. The van der Waals surface area contributed by atoms with E-state index in [1.165, 1.54) is 12.1 Å². The van der Waals surface area contributed by atoms with Crippen molar-refractivity contribution in [3.63, 3.8) is 0 Å². The normalized spacial score (nSPS) is 13.0. The summed E-state index contributed by atoms with van der Waals surface area (Å²) in [6.07, 6.45) is -3.28. The number of benzene rings is 1. The summed E-state index contributed by atoms with van der Waals surface area (Å²) >= 11 is 0. The van der Waals surface area contributed by atoms with Crippen LogP contribution < -0.4 is 15.8 Å². The molecule has 0 bridgehead atoms. The maximum Gasteiger partial charge on any atom is 0.573 e. The van der Waals surface area contributed by atoms with Crippen LogP contribution in [-0.4, -0.2) is 39.3 Å². The van der Waals surface area contributed by atoms with Crippen molar-refractivity contribution in [3.05, 3.63) is 24.3 Å². The number of aliphatic imine (C=N–C) groups is 1. The molecule has 22 heavy (non-hydrogen) atoms. The molecule has 0 aliphatic heterocycles. The highest BCUT2D eigenvalue weighted by Gasteiger charge is 2.30. The molecule has 1 aromatic rings. The number of nitrogens with one attached hydrogen (secondary N) is 1. The number of ether oxygens (including phenoxy) is 1. The summed E-state index contributed by atoms with van der Waals surface area (Å²) < 4.78 is 61.5. The Morgan fingerprint density at radius 1 is 1.32 bits per heavy atom. The van der Waals surface area contributed by atoms with Crippen LogP contribution in [0.5, 0.6) is 5.75 Å². The highest BCUT2D eigenvalue weighted by Crippen LogP contribution is 2.23. The van der Waals surface area contributed by atoms with E-state index in [-0.39, 0.29) is 24.0 Å². The van der Waals surface area contributed by atoms with E-state index in [1.54, 1.807) is 0 Å². The maximum absolute atomic E-state index is 12.0. The molecular formula is C12H16F3N3O3S. The molecule has 10 heteroatoms. The molecule has 1 rings (SSSR count). The zero-order chi connectivity index (χ0) is 16.8. The van der Waals surface area contributed by atoms with Gasteiger partial charge in [-0.3, -0.25) is 4.99 Å². The van der Waals surface area contributed by atoms with Gasteiger partial charge in [-0.2, -0.15) is 0 Å². The molecule has 0 radical (unpaired) electrons. The number of guanidine groups is 1. The van der Waals surface area contributed by atoms with Crippen LogP contribution in [0.15, 0.2) is 29.3 Å². The number of rotatable bonds is 6. The first-order chi connectivity index (χ1) is 10.1. The van der Waals surface area contributed by atoms with Gasteiger partial charge in [-0.1, -0.05) is 0 Å². The molecule has 1 aromatic carbocycles. The van der Waals surface area contributed by atoms with Gasteiger partial charge >= 0.3 is 6.36 Å². The zero-order valence-corrected chi connectivity index (χ0v) is 12.5. The molecule has 0 amide bonds. The number of nitrogens with two attached hydrogens (primary N) is 1. The molecule has 0 aliphatic carbocycles. The fourth-order valence-corrected chi connectivity index (χ4v) is 2.11. The Morgan fingerprint density at radius 3 is 2.41 bits per heavy atom. The number of nitrogens with zero attached hydrogens (tertiary/aromatic N) is 1. The first-order valence-corrected chi connectivity index (χ1v) is 8.22. The van der Waals surface area contributed by atoms with Crippen molar-refractivity contribution in [1.29, 1.82) is 0 Å². The lowest BCUT2D eigenvalue weighted by Gasteiger charge is -2.10. The highest BCUT2D eigenvalue weighted by molar-refractivity contribution is 7.90. The number of hydrogen-bond acceptors (Lipinski definition) is 4. The molecule has 124 valence electrons. The van der Waals surface area contributed by atoms with Gasteiger partial charge in [0.2, 0.25) is 0 Å². The van der Waals surface area contributed by atoms with Crippen molar-refractivity contribution < 1.29 is 26.3 Å². The lowest BCUT2D eigenvalue weighted by Crippen LogP contribution is -2.23. The first kappa shape index (κ1) is 18.1. The van der Waals surface area contributed by atoms with Crippen LogP contribution in [0.25, 0.3) is 0 Å². The number of anilines is 1.